The van der Waals surface area contributed by atoms with Gasteiger partial charge in [-0.2, -0.15) is 0 Å². The van der Waals surface area contributed by atoms with E-state index in [9.17, 15) is 14.4 Å². The highest BCUT2D eigenvalue weighted by molar-refractivity contribution is 5.98. The number of hydrogen-bond donors (Lipinski definition) is 2. The van der Waals surface area contributed by atoms with Crippen molar-refractivity contribution in [3.05, 3.63) is 29.8 Å². The predicted molar refractivity (Wildman–Crippen MR) is 101 cm³/mol. The summed E-state index contributed by atoms with van der Waals surface area (Å²) in [6, 6.07) is 6.87. The minimum atomic E-state index is -0.661. The molecule has 0 bridgehead atoms. The van der Waals surface area contributed by atoms with Crippen molar-refractivity contribution in [2.75, 3.05) is 20.3 Å². The minimum Gasteiger partial charge on any atom is -0.496 e. The lowest BCUT2D eigenvalue weighted by atomic mass is 9.97. The van der Waals surface area contributed by atoms with Crippen molar-refractivity contribution in [3.8, 4) is 5.75 Å². The fraction of sp³-hybridized carbons (Fsp3) is 0.550. The number of methoxy groups -OCH3 is 1. The molecule has 1 aromatic carbocycles. The maximum atomic E-state index is 12.1. The van der Waals surface area contributed by atoms with Gasteiger partial charge in [0.15, 0.2) is 6.61 Å². The Labute approximate surface area is 159 Å². The van der Waals surface area contributed by atoms with Crippen LogP contribution in [0.1, 0.15) is 55.3 Å². The molecule has 2 rings (SSSR count). The molecular formula is C20H28N2O5. The van der Waals surface area contributed by atoms with Crippen LogP contribution in [-0.4, -0.2) is 44.1 Å². The number of nitrogens with one attached hydrogen (secondary N) is 2. The second-order valence-corrected chi connectivity index (χ2v) is 6.65. The minimum absolute atomic E-state index is 0.154. The van der Waals surface area contributed by atoms with Crippen LogP contribution in [0.3, 0.4) is 0 Å². The molecule has 1 aliphatic carbocycles. The van der Waals surface area contributed by atoms with Crippen LogP contribution in [0.15, 0.2) is 24.3 Å². The topological polar surface area (TPSA) is 93.7 Å². The van der Waals surface area contributed by atoms with Gasteiger partial charge in [-0.25, -0.2) is 0 Å². The zero-order chi connectivity index (χ0) is 19.5. The lowest BCUT2D eigenvalue weighted by Gasteiger charge is -2.20. The third-order valence-electron chi connectivity index (χ3n) is 4.58. The van der Waals surface area contributed by atoms with E-state index in [1.54, 1.807) is 24.3 Å². The van der Waals surface area contributed by atoms with Crippen LogP contribution in [0.5, 0.6) is 5.75 Å². The van der Waals surface area contributed by atoms with Gasteiger partial charge in [-0.1, -0.05) is 44.2 Å². The van der Waals surface area contributed by atoms with Crippen molar-refractivity contribution >= 4 is 17.8 Å². The maximum Gasteiger partial charge on any atom is 0.325 e. The third-order valence-corrected chi connectivity index (χ3v) is 4.58. The van der Waals surface area contributed by atoms with Crippen molar-refractivity contribution in [3.63, 3.8) is 0 Å². The number of carbonyl (C=O) groups excluding carboxylic acids is 3. The Bertz CT molecular complexity index is 639. The van der Waals surface area contributed by atoms with Gasteiger partial charge in [0.1, 0.15) is 12.3 Å². The molecule has 0 atom stereocenters. The number of carbonyl (C=O) groups is 3. The SMILES string of the molecule is COc1ccccc1C(=O)NCC(=O)OCC(=O)NC1CCCCCCC1. The van der Waals surface area contributed by atoms with Crippen LogP contribution >= 0.6 is 0 Å². The maximum absolute atomic E-state index is 12.1. The van der Waals surface area contributed by atoms with Gasteiger partial charge in [-0.05, 0) is 25.0 Å². The number of esters is 1. The van der Waals surface area contributed by atoms with E-state index in [2.05, 4.69) is 10.6 Å². The van der Waals surface area contributed by atoms with Gasteiger partial charge in [0.25, 0.3) is 11.8 Å². The number of para-hydroxylation sites is 1. The summed E-state index contributed by atoms with van der Waals surface area (Å²) in [4.78, 5) is 35.9. The molecule has 2 amide bonds. The van der Waals surface area contributed by atoms with Crippen LogP contribution in [-0.2, 0) is 14.3 Å². The van der Waals surface area contributed by atoms with Crippen molar-refractivity contribution in [2.24, 2.45) is 0 Å². The summed E-state index contributed by atoms with van der Waals surface area (Å²) in [5.74, 6) is -0.985. The van der Waals surface area contributed by atoms with E-state index in [4.69, 9.17) is 9.47 Å². The summed E-state index contributed by atoms with van der Waals surface area (Å²) in [5, 5.41) is 5.40. The van der Waals surface area contributed by atoms with Gasteiger partial charge in [0, 0.05) is 6.04 Å². The van der Waals surface area contributed by atoms with Gasteiger partial charge in [-0.3, -0.25) is 14.4 Å². The van der Waals surface area contributed by atoms with Gasteiger partial charge in [0.2, 0.25) is 0 Å². The molecule has 1 fully saturated rings. The third kappa shape index (κ3) is 7.29. The predicted octanol–water partition coefficient (Wildman–Crippen LogP) is 2.20. The highest BCUT2D eigenvalue weighted by Gasteiger charge is 2.16. The summed E-state index contributed by atoms with van der Waals surface area (Å²) >= 11 is 0. The van der Waals surface area contributed by atoms with Crippen LogP contribution < -0.4 is 15.4 Å². The molecule has 1 aromatic rings. The number of hydrogen-bond acceptors (Lipinski definition) is 5. The molecule has 0 heterocycles. The summed E-state index contributed by atoms with van der Waals surface area (Å²) < 4.78 is 10.1. The molecule has 7 heteroatoms. The normalized spacial score (nSPS) is 15.1. The second kappa shape index (κ2) is 11.2. The Morgan fingerprint density at radius 1 is 1.04 bits per heavy atom. The van der Waals surface area contributed by atoms with E-state index >= 15 is 0 Å². The van der Waals surface area contributed by atoms with Crippen molar-refractivity contribution in [1.29, 1.82) is 0 Å². The van der Waals surface area contributed by atoms with Crippen LogP contribution in [0.25, 0.3) is 0 Å². The van der Waals surface area contributed by atoms with Gasteiger partial charge in [-0.15, -0.1) is 0 Å². The molecule has 0 aromatic heterocycles. The fourth-order valence-electron chi connectivity index (χ4n) is 3.15. The molecule has 0 radical (unpaired) electrons. The van der Waals surface area contributed by atoms with Gasteiger partial charge < -0.3 is 20.1 Å². The standard InChI is InChI=1S/C20H28N2O5/c1-26-17-12-8-7-11-16(17)20(25)21-13-19(24)27-14-18(23)22-15-9-5-3-2-4-6-10-15/h7-8,11-12,15H,2-6,9-10,13-14H2,1H3,(H,21,25)(H,22,23). The highest BCUT2D eigenvalue weighted by Crippen LogP contribution is 2.17. The zero-order valence-corrected chi connectivity index (χ0v) is 15.8. The molecular weight excluding hydrogens is 348 g/mol. The Balaban J connectivity index is 1.69. The molecule has 1 aliphatic rings. The molecule has 1 saturated carbocycles. The van der Waals surface area contributed by atoms with Crippen LogP contribution in [0, 0.1) is 0 Å². The number of amides is 2. The first-order valence-electron chi connectivity index (χ1n) is 9.46. The largest absolute Gasteiger partial charge is 0.496 e. The lowest BCUT2D eigenvalue weighted by Crippen LogP contribution is -2.39. The smallest absolute Gasteiger partial charge is 0.325 e. The summed E-state index contributed by atoms with van der Waals surface area (Å²) in [6.07, 6.45) is 7.82. The first-order valence-corrected chi connectivity index (χ1v) is 9.46. The summed E-state index contributed by atoms with van der Waals surface area (Å²) in [6.45, 7) is -0.645. The van der Waals surface area contributed by atoms with Crippen LogP contribution in [0.2, 0.25) is 0 Å². The Hall–Kier alpha value is -2.57. The van der Waals surface area contributed by atoms with Gasteiger partial charge in [0.05, 0.1) is 12.7 Å². The molecule has 2 N–H and O–H groups in total. The number of benzene rings is 1. The first kappa shape index (κ1) is 20.7. The average molecular weight is 376 g/mol. The monoisotopic (exact) mass is 376 g/mol. The van der Waals surface area contributed by atoms with E-state index < -0.39 is 11.9 Å². The fourth-order valence-corrected chi connectivity index (χ4v) is 3.15. The first-order chi connectivity index (χ1) is 13.1. The van der Waals surface area contributed by atoms with E-state index in [0.717, 1.165) is 25.7 Å². The summed E-state index contributed by atoms with van der Waals surface area (Å²) in [5.41, 5.74) is 0.329. The van der Waals surface area contributed by atoms with E-state index in [0.29, 0.717) is 11.3 Å². The average Bonchev–Trinajstić information content (AvgIpc) is 2.66. The molecule has 0 aliphatic heterocycles. The zero-order valence-electron chi connectivity index (χ0n) is 15.8. The molecule has 0 saturated heterocycles. The van der Waals surface area contributed by atoms with Crippen molar-refractivity contribution < 1.29 is 23.9 Å². The Kier molecular flexibility index (Phi) is 8.61. The molecule has 27 heavy (non-hydrogen) atoms. The van der Waals surface area contributed by atoms with Gasteiger partial charge >= 0.3 is 5.97 Å². The lowest BCUT2D eigenvalue weighted by molar-refractivity contribution is -0.147. The molecule has 0 spiro atoms. The van der Waals surface area contributed by atoms with Crippen LogP contribution in [0.4, 0.5) is 0 Å². The van der Waals surface area contributed by atoms with Crippen molar-refractivity contribution in [2.45, 2.75) is 51.0 Å². The summed E-state index contributed by atoms with van der Waals surface area (Å²) in [7, 11) is 1.47. The van der Waals surface area contributed by atoms with E-state index in [1.807, 2.05) is 0 Å². The number of rotatable bonds is 7. The number of ether oxygens (including phenoxy) is 2. The molecule has 148 valence electrons. The quantitative estimate of drug-likeness (QED) is 0.712. The Morgan fingerprint density at radius 2 is 1.70 bits per heavy atom. The molecule has 0 unspecified atom stereocenters. The van der Waals surface area contributed by atoms with E-state index in [1.165, 1.54) is 26.4 Å². The molecule has 7 nitrogen and oxygen atoms in total. The second-order valence-electron chi connectivity index (χ2n) is 6.65. The Morgan fingerprint density at radius 3 is 2.41 bits per heavy atom. The highest BCUT2D eigenvalue weighted by atomic mass is 16.5. The van der Waals surface area contributed by atoms with E-state index in [-0.39, 0.29) is 25.1 Å². The van der Waals surface area contributed by atoms with Crippen molar-refractivity contribution in [1.82, 2.24) is 10.6 Å².